The van der Waals surface area contributed by atoms with Gasteiger partial charge in [-0.15, -0.1) is 0 Å². The second kappa shape index (κ2) is 5.54. The molecule has 4 nitrogen and oxygen atoms in total. The topological polar surface area (TPSA) is 47.3 Å². The summed E-state index contributed by atoms with van der Waals surface area (Å²) in [6.07, 6.45) is 0.260. The number of imidazole rings is 1. The van der Waals surface area contributed by atoms with Crippen LogP contribution in [0, 0.1) is 0 Å². The number of benzene rings is 1. The minimum absolute atomic E-state index is 0.209. The minimum atomic E-state index is -0.510. The zero-order valence-electron chi connectivity index (χ0n) is 10.7. The average molecular weight is 341 g/mol. The monoisotopic (exact) mass is 340 g/mol. The van der Waals surface area contributed by atoms with Gasteiger partial charge in [0.05, 0.1) is 18.8 Å². The summed E-state index contributed by atoms with van der Waals surface area (Å²) >= 11 is 3.46. The number of phenols is 1. The van der Waals surface area contributed by atoms with Gasteiger partial charge in [-0.3, -0.25) is 0 Å². The van der Waals surface area contributed by atoms with Crippen molar-refractivity contribution < 1.29 is 14.2 Å². The summed E-state index contributed by atoms with van der Waals surface area (Å²) in [5.74, 6) is 0.969. The lowest BCUT2D eigenvalue weighted by atomic mass is 10.2. The average Bonchev–Trinajstić information content (AvgIpc) is 2.65. The number of hydrogen-bond donors (Lipinski definition) is 1. The Kier molecular flexibility index (Phi) is 3.76. The van der Waals surface area contributed by atoms with E-state index >= 15 is 0 Å². The van der Waals surface area contributed by atoms with Crippen molar-refractivity contribution >= 4 is 15.9 Å². The quantitative estimate of drug-likeness (QED) is 0.914. The zero-order valence-corrected chi connectivity index (χ0v) is 12.3. The Morgan fingerprint density at radius 3 is 2.85 bits per heavy atom. The predicted octanol–water partition coefficient (Wildman–Crippen LogP) is 2.93. The molecule has 0 saturated heterocycles. The second-order valence-corrected chi connectivity index (χ2v) is 5.48. The van der Waals surface area contributed by atoms with Crippen molar-refractivity contribution in [1.29, 1.82) is 0 Å². The molecule has 0 spiro atoms. The highest BCUT2D eigenvalue weighted by molar-refractivity contribution is 9.10. The first-order valence-corrected chi connectivity index (χ1v) is 7.20. The first-order valence-electron chi connectivity index (χ1n) is 6.41. The fraction of sp³-hybridized carbons (Fsp3) is 0.357. The van der Waals surface area contributed by atoms with Gasteiger partial charge < -0.3 is 14.4 Å². The van der Waals surface area contributed by atoms with Gasteiger partial charge in [0.2, 0.25) is 0 Å². The minimum Gasteiger partial charge on any atom is -0.508 e. The van der Waals surface area contributed by atoms with Crippen LogP contribution in [0.4, 0.5) is 4.39 Å². The van der Waals surface area contributed by atoms with Crippen molar-refractivity contribution in [1.82, 2.24) is 9.55 Å². The van der Waals surface area contributed by atoms with Crippen LogP contribution in [0.25, 0.3) is 11.4 Å². The molecule has 106 valence electrons. The summed E-state index contributed by atoms with van der Waals surface area (Å²) in [6.45, 7) is 0.429. The molecule has 2 aromatic rings. The molecule has 0 saturated carbocycles. The van der Waals surface area contributed by atoms with Gasteiger partial charge in [-0.05, 0) is 40.2 Å². The molecule has 1 atom stereocenters. The van der Waals surface area contributed by atoms with Gasteiger partial charge in [0.15, 0.2) is 0 Å². The summed E-state index contributed by atoms with van der Waals surface area (Å²) in [6, 6.07) is 6.83. The lowest BCUT2D eigenvalue weighted by Crippen LogP contribution is -2.21. The molecule has 0 fully saturated rings. The van der Waals surface area contributed by atoms with Crippen LogP contribution in [0.1, 0.15) is 5.69 Å². The Hall–Kier alpha value is -1.40. The van der Waals surface area contributed by atoms with Crippen LogP contribution in [0.2, 0.25) is 0 Å². The molecule has 2 heterocycles. The Morgan fingerprint density at radius 1 is 1.40 bits per heavy atom. The molecule has 1 N–H and O–H groups in total. The van der Waals surface area contributed by atoms with E-state index in [0.29, 0.717) is 19.6 Å². The molecule has 0 bridgehead atoms. The number of halogens is 2. The highest BCUT2D eigenvalue weighted by Crippen LogP contribution is 2.29. The number of phenolic OH excluding ortho intramolecular Hbond substituents is 1. The van der Waals surface area contributed by atoms with Gasteiger partial charge >= 0.3 is 0 Å². The standard InChI is InChI=1S/C14H14BrFN2O2/c15-13-12-5-6-20-11(7-16)8-18(12)14(17-13)9-1-3-10(19)4-2-9/h1-4,11,19H,5-8H2. The molecular formula is C14H14BrFN2O2. The fourth-order valence-corrected chi connectivity index (χ4v) is 2.97. The van der Waals surface area contributed by atoms with Crippen LogP contribution < -0.4 is 0 Å². The Labute approximate surface area is 124 Å². The van der Waals surface area contributed by atoms with E-state index in [1.807, 2.05) is 4.57 Å². The van der Waals surface area contributed by atoms with Crippen LogP contribution in [0.15, 0.2) is 28.9 Å². The maximum Gasteiger partial charge on any atom is 0.141 e. The summed E-state index contributed by atoms with van der Waals surface area (Å²) in [4.78, 5) is 4.52. The van der Waals surface area contributed by atoms with E-state index < -0.39 is 12.8 Å². The Bertz CT molecular complexity index is 612. The lowest BCUT2D eigenvalue weighted by Gasteiger charge is -2.14. The van der Waals surface area contributed by atoms with E-state index in [4.69, 9.17) is 4.74 Å². The van der Waals surface area contributed by atoms with Crippen LogP contribution in [0.3, 0.4) is 0 Å². The van der Waals surface area contributed by atoms with Gasteiger partial charge in [0.1, 0.15) is 29.0 Å². The van der Waals surface area contributed by atoms with Crippen molar-refractivity contribution in [3.8, 4) is 17.1 Å². The van der Waals surface area contributed by atoms with Gasteiger partial charge in [-0.1, -0.05) is 0 Å². The van der Waals surface area contributed by atoms with Crippen LogP contribution in [-0.2, 0) is 17.7 Å². The number of nitrogens with zero attached hydrogens (tertiary/aromatic N) is 2. The van der Waals surface area contributed by atoms with E-state index in [-0.39, 0.29) is 5.75 Å². The lowest BCUT2D eigenvalue weighted by molar-refractivity contribution is 0.0355. The third kappa shape index (κ3) is 2.45. The van der Waals surface area contributed by atoms with Crippen LogP contribution in [-0.4, -0.2) is 34.0 Å². The Balaban J connectivity index is 2.06. The van der Waals surface area contributed by atoms with E-state index in [9.17, 15) is 9.50 Å². The first-order chi connectivity index (χ1) is 9.69. The molecule has 3 rings (SSSR count). The predicted molar refractivity (Wildman–Crippen MR) is 76.4 cm³/mol. The molecule has 0 radical (unpaired) electrons. The highest BCUT2D eigenvalue weighted by Gasteiger charge is 2.23. The highest BCUT2D eigenvalue weighted by atomic mass is 79.9. The number of fused-ring (bicyclic) bond motifs is 1. The molecule has 6 heteroatoms. The van der Waals surface area contributed by atoms with E-state index in [0.717, 1.165) is 21.7 Å². The summed E-state index contributed by atoms with van der Waals surface area (Å²) in [5.41, 5.74) is 1.90. The normalized spacial score (nSPS) is 18.6. The second-order valence-electron chi connectivity index (χ2n) is 4.73. The number of alkyl halides is 1. The van der Waals surface area contributed by atoms with Crippen molar-refractivity contribution in [2.45, 2.75) is 19.1 Å². The molecule has 1 aromatic carbocycles. The van der Waals surface area contributed by atoms with Crippen LogP contribution >= 0.6 is 15.9 Å². The molecule has 1 unspecified atom stereocenters. The number of aromatic nitrogens is 2. The fourth-order valence-electron chi connectivity index (χ4n) is 2.39. The molecule has 1 aliphatic heterocycles. The number of aromatic hydroxyl groups is 1. The largest absolute Gasteiger partial charge is 0.508 e. The first kappa shape index (κ1) is 13.6. The van der Waals surface area contributed by atoms with Gasteiger partial charge in [0, 0.05) is 12.0 Å². The molecule has 1 aliphatic rings. The van der Waals surface area contributed by atoms with Crippen LogP contribution in [0.5, 0.6) is 5.75 Å². The molecular weight excluding hydrogens is 327 g/mol. The molecule has 0 aliphatic carbocycles. The number of ether oxygens (including phenoxy) is 1. The van der Waals surface area contributed by atoms with Gasteiger partial charge in [-0.2, -0.15) is 0 Å². The van der Waals surface area contributed by atoms with Crippen molar-refractivity contribution in [3.63, 3.8) is 0 Å². The summed E-state index contributed by atoms with van der Waals surface area (Å²) < 4.78 is 21.2. The third-order valence-corrected chi connectivity index (χ3v) is 4.03. The van der Waals surface area contributed by atoms with E-state index in [2.05, 4.69) is 20.9 Å². The zero-order chi connectivity index (χ0) is 14.1. The smallest absolute Gasteiger partial charge is 0.141 e. The van der Waals surface area contributed by atoms with Crippen molar-refractivity contribution in [2.75, 3.05) is 13.3 Å². The Morgan fingerprint density at radius 2 is 2.15 bits per heavy atom. The maximum atomic E-state index is 12.9. The van der Waals surface area contributed by atoms with Gasteiger partial charge in [0.25, 0.3) is 0 Å². The molecule has 0 amide bonds. The number of hydrogen-bond acceptors (Lipinski definition) is 3. The van der Waals surface area contributed by atoms with E-state index in [1.165, 1.54) is 0 Å². The summed E-state index contributed by atoms with van der Waals surface area (Å²) in [5, 5.41) is 9.37. The number of rotatable bonds is 2. The summed E-state index contributed by atoms with van der Waals surface area (Å²) in [7, 11) is 0. The third-order valence-electron chi connectivity index (χ3n) is 3.40. The molecule has 1 aromatic heterocycles. The molecule has 20 heavy (non-hydrogen) atoms. The van der Waals surface area contributed by atoms with E-state index in [1.54, 1.807) is 24.3 Å². The maximum absolute atomic E-state index is 12.9. The SMILES string of the molecule is Oc1ccc(-c2nc(Br)c3n2CC(CF)OCC3)cc1. The van der Waals surface area contributed by atoms with Crippen molar-refractivity contribution in [3.05, 3.63) is 34.6 Å². The van der Waals surface area contributed by atoms with Gasteiger partial charge in [-0.25, -0.2) is 9.37 Å². The van der Waals surface area contributed by atoms with Crippen molar-refractivity contribution in [2.24, 2.45) is 0 Å².